The summed E-state index contributed by atoms with van der Waals surface area (Å²) in [7, 11) is 2.10. The fourth-order valence-corrected chi connectivity index (χ4v) is 4.17. The van der Waals surface area contributed by atoms with Gasteiger partial charge in [0.15, 0.2) is 0 Å². The lowest BCUT2D eigenvalue weighted by molar-refractivity contribution is -0.0336. The number of hydrogen-bond donors (Lipinski definition) is 1. The van der Waals surface area contributed by atoms with Crippen LogP contribution >= 0.6 is 11.3 Å². The molecule has 3 heterocycles. The summed E-state index contributed by atoms with van der Waals surface area (Å²) in [4.78, 5) is 20.7. The van der Waals surface area contributed by atoms with Crippen molar-refractivity contribution < 1.29 is 9.53 Å². The fourth-order valence-electron chi connectivity index (χ4n) is 3.34. The van der Waals surface area contributed by atoms with Gasteiger partial charge in [0.25, 0.3) is 5.91 Å². The second-order valence-electron chi connectivity index (χ2n) is 7.01. The number of hydrogen-bond acceptors (Lipinski definition) is 4. The zero-order chi connectivity index (χ0) is 18.0. The zero-order valence-electron chi connectivity index (χ0n) is 15.5. The first kappa shape index (κ1) is 18.2. The Morgan fingerprint density at radius 1 is 1.40 bits per heavy atom. The van der Waals surface area contributed by atoms with Crippen LogP contribution in [0.1, 0.15) is 32.9 Å². The van der Waals surface area contributed by atoms with Crippen molar-refractivity contribution in [3.63, 3.8) is 0 Å². The SMILES string of the molecule is Cc1cc(CN(C[C@H]2CN(C)CCO2)C(=O)c2cscc2C)c(C)[nH]1. The number of nitrogens with zero attached hydrogens (tertiary/aromatic N) is 2. The van der Waals surface area contributed by atoms with E-state index in [4.69, 9.17) is 4.74 Å². The van der Waals surface area contributed by atoms with Crippen LogP contribution in [0.25, 0.3) is 0 Å². The number of nitrogens with one attached hydrogen (secondary N) is 1. The van der Waals surface area contributed by atoms with E-state index < -0.39 is 0 Å². The van der Waals surface area contributed by atoms with E-state index in [0.717, 1.165) is 42.2 Å². The van der Waals surface area contributed by atoms with Gasteiger partial charge in [0, 0.05) is 42.9 Å². The Kier molecular flexibility index (Phi) is 5.61. The Labute approximate surface area is 153 Å². The van der Waals surface area contributed by atoms with Crippen LogP contribution in [0.4, 0.5) is 0 Å². The maximum absolute atomic E-state index is 13.2. The normalized spacial score (nSPS) is 18.5. The Morgan fingerprint density at radius 3 is 2.80 bits per heavy atom. The summed E-state index contributed by atoms with van der Waals surface area (Å²) < 4.78 is 5.91. The van der Waals surface area contributed by atoms with Crippen molar-refractivity contribution in [3.8, 4) is 0 Å². The summed E-state index contributed by atoms with van der Waals surface area (Å²) in [6, 6.07) is 2.13. The molecule has 2 aromatic heterocycles. The van der Waals surface area contributed by atoms with E-state index in [1.807, 2.05) is 29.5 Å². The summed E-state index contributed by atoms with van der Waals surface area (Å²) in [6.45, 7) is 9.86. The van der Waals surface area contributed by atoms with Crippen LogP contribution in [-0.4, -0.2) is 60.1 Å². The van der Waals surface area contributed by atoms with Crippen LogP contribution in [0.2, 0.25) is 0 Å². The summed E-state index contributed by atoms with van der Waals surface area (Å²) in [5, 5.41) is 3.98. The van der Waals surface area contributed by atoms with Gasteiger partial charge in [-0.25, -0.2) is 0 Å². The highest BCUT2D eigenvalue weighted by Gasteiger charge is 2.26. The summed E-state index contributed by atoms with van der Waals surface area (Å²) in [5.41, 5.74) is 5.27. The number of H-pyrrole nitrogens is 1. The fraction of sp³-hybridized carbons (Fsp3) is 0.526. The number of likely N-dealkylation sites (N-methyl/N-ethyl adjacent to an activating group) is 1. The van der Waals surface area contributed by atoms with Crippen molar-refractivity contribution in [1.82, 2.24) is 14.8 Å². The summed E-state index contributed by atoms with van der Waals surface area (Å²) in [6.07, 6.45) is 0.0574. The average Bonchev–Trinajstić information content (AvgIpc) is 3.11. The van der Waals surface area contributed by atoms with Crippen molar-refractivity contribution in [2.24, 2.45) is 0 Å². The Balaban J connectivity index is 1.81. The van der Waals surface area contributed by atoms with Gasteiger partial charge in [-0.2, -0.15) is 11.3 Å². The second kappa shape index (κ2) is 7.72. The van der Waals surface area contributed by atoms with E-state index in [1.54, 1.807) is 11.3 Å². The summed E-state index contributed by atoms with van der Waals surface area (Å²) >= 11 is 1.58. The molecule has 1 N–H and O–H groups in total. The lowest BCUT2D eigenvalue weighted by atomic mass is 10.1. The van der Waals surface area contributed by atoms with Gasteiger partial charge < -0.3 is 19.5 Å². The van der Waals surface area contributed by atoms with Gasteiger partial charge in [0.1, 0.15) is 0 Å². The average molecular weight is 362 g/mol. The Bertz CT molecular complexity index is 737. The first-order valence-electron chi connectivity index (χ1n) is 8.71. The number of amides is 1. The zero-order valence-corrected chi connectivity index (χ0v) is 16.3. The van der Waals surface area contributed by atoms with Crippen LogP contribution in [-0.2, 0) is 11.3 Å². The number of thiophene rings is 1. The van der Waals surface area contributed by atoms with Gasteiger partial charge in [-0.15, -0.1) is 0 Å². The highest BCUT2D eigenvalue weighted by atomic mass is 32.1. The van der Waals surface area contributed by atoms with Gasteiger partial charge in [-0.05, 0) is 50.4 Å². The maximum Gasteiger partial charge on any atom is 0.255 e. The molecule has 3 rings (SSSR count). The van der Waals surface area contributed by atoms with Gasteiger partial charge >= 0.3 is 0 Å². The number of ether oxygens (including phenoxy) is 1. The van der Waals surface area contributed by atoms with Gasteiger partial charge in [0.05, 0.1) is 18.3 Å². The third-order valence-corrected chi connectivity index (χ3v) is 5.62. The van der Waals surface area contributed by atoms with Gasteiger partial charge in [0.2, 0.25) is 0 Å². The van der Waals surface area contributed by atoms with Gasteiger partial charge in [-0.3, -0.25) is 4.79 Å². The molecule has 0 aliphatic carbocycles. The molecule has 1 aliphatic heterocycles. The molecule has 0 unspecified atom stereocenters. The molecule has 1 fully saturated rings. The van der Waals surface area contributed by atoms with E-state index >= 15 is 0 Å². The third kappa shape index (κ3) is 4.32. The summed E-state index contributed by atoms with van der Waals surface area (Å²) in [5.74, 6) is 0.0915. The number of carbonyl (C=O) groups is 1. The molecule has 0 aromatic carbocycles. The monoisotopic (exact) mass is 361 g/mol. The number of aryl methyl sites for hydroxylation is 3. The Morgan fingerprint density at radius 2 is 2.20 bits per heavy atom. The number of morpholine rings is 1. The van der Waals surface area contributed by atoms with Crippen LogP contribution < -0.4 is 0 Å². The van der Waals surface area contributed by atoms with Crippen molar-refractivity contribution in [2.75, 3.05) is 33.3 Å². The Hall–Kier alpha value is -1.63. The first-order valence-corrected chi connectivity index (χ1v) is 9.65. The largest absolute Gasteiger partial charge is 0.374 e. The minimum absolute atomic E-state index is 0.0574. The molecule has 1 aliphatic rings. The molecule has 0 bridgehead atoms. The lowest BCUT2D eigenvalue weighted by Crippen LogP contribution is -2.47. The van der Waals surface area contributed by atoms with Crippen LogP contribution in [0.5, 0.6) is 0 Å². The molecule has 1 atom stereocenters. The quantitative estimate of drug-likeness (QED) is 0.891. The first-order chi connectivity index (χ1) is 11.9. The van der Waals surface area contributed by atoms with E-state index in [0.29, 0.717) is 13.1 Å². The smallest absolute Gasteiger partial charge is 0.255 e. The van der Waals surface area contributed by atoms with E-state index in [2.05, 4.69) is 29.9 Å². The van der Waals surface area contributed by atoms with E-state index in [-0.39, 0.29) is 12.0 Å². The predicted octanol–water partition coefficient (Wildman–Crippen LogP) is 2.97. The predicted molar refractivity (Wildman–Crippen MR) is 101 cm³/mol. The standard InChI is InChI=1S/C19H27N3O2S/c1-13-11-25-12-18(13)19(23)22(8-16-7-14(2)20-15(16)3)10-17-9-21(4)5-6-24-17/h7,11-12,17,20H,5-6,8-10H2,1-4H3/t17-/m1/s1. The molecule has 2 aromatic rings. The van der Waals surface area contributed by atoms with Crippen LogP contribution in [0, 0.1) is 20.8 Å². The number of carbonyl (C=O) groups excluding carboxylic acids is 1. The second-order valence-corrected chi connectivity index (χ2v) is 7.76. The molecular formula is C19H27N3O2S. The highest BCUT2D eigenvalue weighted by Crippen LogP contribution is 2.20. The molecule has 6 heteroatoms. The number of aromatic nitrogens is 1. The van der Waals surface area contributed by atoms with Crippen LogP contribution in [0.15, 0.2) is 16.8 Å². The van der Waals surface area contributed by atoms with E-state index in [9.17, 15) is 4.79 Å². The minimum Gasteiger partial charge on any atom is -0.374 e. The van der Waals surface area contributed by atoms with Crippen molar-refractivity contribution in [3.05, 3.63) is 44.9 Å². The number of aromatic amines is 1. The maximum atomic E-state index is 13.2. The van der Waals surface area contributed by atoms with Crippen molar-refractivity contribution >= 4 is 17.2 Å². The molecular weight excluding hydrogens is 334 g/mol. The molecule has 136 valence electrons. The van der Waals surface area contributed by atoms with Crippen molar-refractivity contribution in [2.45, 2.75) is 33.4 Å². The minimum atomic E-state index is 0.0574. The third-order valence-electron chi connectivity index (χ3n) is 4.76. The van der Waals surface area contributed by atoms with Gasteiger partial charge in [-0.1, -0.05) is 0 Å². The topological polar surface area (TPSA) is 48.6 Å². The van der Waals surface area contributed by atoms with Crippen LogP contribution in [0.3, 0.4) is 0 Å². The molecule has 0 saturated carbocycles. The molecule has 0 spiro atoms. The number of rotatable bonds is 5. The van der Waals surface area contributed by atoms with E-state index in [1.165, 1.54) is 5.56 Å². The lowest BCUT2D eigenvalue weighted by Gasteiger charge is -2.34. The molecule has 1 saturated heterocycles. The molecule has 25 heavy (non-hydrogen) atoms. The molecule has 1 amide bonds. The molecule has 5 nitrogen and oxygen atoms in total. The highest BCUT2D eigenvalue weighted by molar-refractivity contribution is 7.08. The van der Waals surface area contributed by atoms with Crippen molar-refractivity contribution in [1.29, 1.82) is 0 Å². The molecule has 0 radical (unpaired) electrons.